The average molecular weight is 347 g/mol. The van der Waals surface area contributed by atoms with E-state index in [9.17, 15) is 0 Å². The minimum Gasteiger partial charge on any atom is -0.0972 e. The van der Waals surface area contributed by atoms with Crippen LogP contribution in [0.3, 0.4) is 0 Å². The molecule has 0 radical (unpaired) electrons. The lowest BCUT2D eigenvalue weighted by Gasteiger charge is -2.28. The maximum Gasteiger partial charge on any atom is -0.0149 e. The first-order valence-corrected chi connectivity index (χ1v) is 13.4. The molecule has 0 bridgehead atoms. The van der Waals surface area contributed by atoms with E-state index < -0.39 is 6.04 Å². The lowest BCUT2D eigenvalue weighted by Crippen LogP contribution is -2.09. The lowest BCUT2D eigenvalue weighted by molar-refractivity contribution is 0.620. The molecule has 0 saturated heterocycles. The fourth-order valence-corrected chi connectivity index (χ4v) is 7.72. The van der Waals surface area contributed by atoms with Gasteiger partial charge < -0.3 is 0 Å². The third-order valence-electron chi connectivity index (χ3n) is 5.17. The van der Waals surface area contributed by atoms with E-state index in [1.807, 2.05) is 0 Å². The molecule has 0 fully saturated rings. The average Bonchev–Trinajstić information content (AvgIpc) is 2.53. The zero-order chi connectivity index (χ0) is 16.7. The molecule has 0 aromatic carbocycles. The Bertz CT molecular complexity index is 255. The third-order valence-corrected chi connectivity index (χ3v) is 11.5. The van der Waals surface area contributed by atoms with Crippen molar-refractivity contribution in [3.63, 3.8) is 0 Å². The first-order valence-electron chi connectivity index (χ1n) is 10.2. The van der Waals surface area contributed by atoms with E-state index in [2.05, 4.69) is 27.7 Å². The lowest BCUT2D eigenvalue weighted by atomic mass is 10.1. The predicted molar refractivity (Wildman–Crippen MR) is 111 cm³/mol. The van der Waals surface area contributed by atoms with Crippen molar-refractivity contribution in [3.05, 3.63) is 0 Å². The zero-order valence-corrected chi connectivity index (χ0v) is 17.8. The highest BCUT2D eigenvalue weighted by Crippen LogP contribution is 2.53. The Morgan fingerprint density at radius 3 is 1.36 bits per heavy atom. The Kier molecular flexibility index (Phi) is 15.6. The predicted octanol–water partition coefficient (Wildman–Crippen LogP) is 7.99. The van der Waals surface area contributed by atoms with Crippen LogP contribution in [0.5, 0.6) is 0 Å². The van der Waals surface area contributed by atoms with Crippen LogP contribution in [0.25, 0.3) is 0 Å². The van der Waals surface area contributed by atoms with Crippen molar-refractivity contribution in [1.29, 1.82) is 0 Å². The van der Waals surface area contributed by atoms with Crippen molar-refractivity contribution in [2.75, 3.05) is 12.3 Å². The second-order valence-electron chi connectivity index (χ2n) is 7.19. The summed E-state index contributed by atoms with van der Waals surface area (Å²) in [6.45, 7) is 9.37. The van der Waals surface area contributed by atoms with Gasteiger partial charge in [-0.3, -0.25) is 0 Å². The van der Waals surface area contributed by atoms with Crippen molar-refractivity contribution in [3.8, 4) is 0 Å². The monoisotopic (exact) mass is 346 g/mol. The molecule has 134 valence electrons. The summed E-state index contributed by atoms with van der Waals surface area (Å²) in [6.07, 6.45) is 21.0. The molecule has 0 aliphatic carbocycles. The summed E-state index contributed by atoms with van der Waals surface area (Å²) in [6, 6.07) is -1.09. The minimum absolute atomic E-state index is 0.814. The van der Waals surface area contributed by atoms with Crippen LogP contribution in [0, 0.1) is 0 Å². The van der Waals surface area contributed by atoms with Crippen LogP contribution in [0.15, 0.2) is 0 Å². The first-order chi connectivity index (χ1) is 10.6. The SMILES string of the molecule is CCCCCCCCP(=S)(CCCCCCCC)C(C)CC. The Labute approximate surface area is 147 Å². The third kappa shape index (κ3) is 11.2. The molecule has 0 nitrogen and oxygen atoms in total. The Hall–Kier alpha value is 0.650. The fourth-order valence-electron chi connectivity index (χ4n) is 3.20. The standard InChI is InChI=1S/C20H43PS/c1-5-8-10-12-14-16-18-21(22,20(4)7-3)19-17-15-13-11-9-6-2/h20H,5-19H2,1-4H3. The van der Waals surface area contributed by atoms with Gasteiger partial charge in [-0.25, -0.2) is 0 Å². The number of unbranched alkanes of at least 4 members (excludes halogenated alkanes) is 10. The van der Waals surface area contributed by atoms with Crippen LogP contribution >= 0.6 is 6.04 Å². The summed E-state index contributed by atoms with van der Waals surface area (Å²) in [5, 5.41) is 0. The van der Waals surface area contributed by atoms with Gasteiger partial charge in [0.05, 0.1) is 0 Å². The topological polar surface area (TPSA) is 0 Å². The molecule has 0 rings (SSSR count). The van der Waals surface area contributed by atoms with Gasteiger partial charge in [-0.05, 0) is 43.3 Å². The molecule has 2 heteroatoms. The molecular formula is C20H43PS. The summed E-state index contributed by atoms with van der Waals surface area (Å²) < 4.78 is 0. The summed E-state index contributed by atoms with van der Waals surface area (Å²) in [5.41, 5.74) is 0.814. The molecule has 1 atom stereocenters. The van der Waals surface area contributed by atoms with Gasteiger partial charge in [0.1, 0.15) is 0 Å². The molecular weight excluding hydrogens is 303 g/mol. The molecule has 1 unspecified atom stereocenters. The summed E-state index contributed by atoms with van der Waals surface area (Å²) >= 11 is 6.24. The van der Waals surface area contributed by atoms with Gasteiger partial charge in [0.25, 0.3) is 0 Å². The molecule has 0 aliphatic rings. The molecule has 22 heavy (non-hydrogen) atoms. The van der Waals surface area contributed by atoms with Gasteiger partial charge in [0, 0.05) is 0 Å². The molecule has 0 aromatic rings. The van der Waals surface area contributed by atoms with Crippen LogP contribution in [-0.4, -0.2) is 18.0 Å². The molecule has 0 spiro atoms. The van der Waals surface area contributed by atoms with Crippen LogP contribution in [0.1, 0.15) is 111 Å². The van der Waals surface area contributed by atoms with Gasteiger partial charge in [-0.1, -0.05) is 104 Å². The zero-order valence-electron chi connectivity index (χ0n) is 16.0. The fraction of sp³-hybridized carbons (Fsp3) is 1.00. The number of hydrogen-bond donors (Lipinski definition) is 0. The summed E-state index contributed by atoms with van der Waals surface area (Å²) in [4.78, 5) is 0. The van der Waals surface area contributed by atoms with Crippen LogP contribution in [0.4, 0.5) is 0 Å². The first kappa shape index (κ1) is 22.6. The normalized spacial score (nSPS) is 13.5. The van der Waals surface area contributed by atoms with Crippen molar-refractivity contribution in [2.24, 2.45) is 0 Å². The van der Waals surface area contributed by atoms with Crippen LogP contribution < -0.4 is 0 Å². The molecule has 0 heterocycles. The molecule has 0 saturated carbocycles. The van der Waals surface area contributed by atoms with Gasteiger partial charge in [-0.15, -0.1) is 0 Å². The number of rotatable bonds is 16. The highest BCUT2D eigenvalue weighted by Gasteiger charge is 2.22. The van der Waals surface area contributed by atoms with Gasteiger partial charge in [0.2, 0.25) is 0 Å². The van der Waals surface area contributed by atoms with E-state index >= 15 is 0 Å². The van der Waals surface area contributed by atoms with Crippen molar-refractivity contribution >= 4 is 17.8 Å². The second-order valence-corrected chi connectivity index (χ2v) is 13.1. The maximum absolute atomic E-state index is 6.24. The summed E-state index contributed by atoms with van der Waals surface area (Å²) in [5.74, 6) is 0. The number of hydrogen-bond acceptors (Lipinski definition) is 1. The van der Waals surface area contributed by atoms with E-state index in [1.54, 1.807) is 0 Å². The largest absolute Gasteiger partial charge is 0.0972 e. The summed E-state index contributed by atoms with van der Waals surface area (Å²) in [7, 11) is 0. The Balaban J connectivity index is 3.99. The van der Waals surface area contributed by atoms with Crippen LogP contribution in [0.2, 0.25) is 0 Å². The quantitative estimate of drug-likeness (QED) is 0.201. The van der Waals surface area contributed by atoms with E-state index in [4.69, 9.17) is 11.8 Å². The van der Waals surface area contributed by atoms with E-state index in [-0.39, 0.29) is 0 Å². The molecule has 0 N–H and O–H groups in total. The highest BCUT2D eigenvalue weighted by atomic mass is 32.4. The smallest absolute Gasteiger partial charge is 0.0149 e. The molecule has 0 aliphatic heterocycles. The second kappa shape index (κ2) is 15.2. The van der Waals surface area contributed by atoms with E-state index in [0.717, 1.165) is 5.66 Å². The van der Waals surface area contributed by atoms with Crippen LogP contribution in [-0.2, 0) is 11.8 Å². The van der Waals surface area contributed by atoms with Gasteiger partial charge in [0.15, 0.2) is 0 Å². The van der Waals surface area contributed by atoms with Crippen molar-refractivity contribution in [1.82, 2.24) is 0 Å². The van der Waals surface area contributed by atoms with Gasteiger partial charge in [-0.2, -0.15) is 0 Å². The van der Waals surface area contributed by atoms with E-state index in [1.165, 1.54) is 95.8 Å². The van der Waals surface area contributed by atoms with Crippen molar-refractivity contribution in [2.45, 2.75) is 117 Å². The highest BCUT2D eigenvalue weighted by molar-refractivity contribution is 8.14. The Morgan fingerprint density at radius 1 is 0.636 bits per heavy atom. The Morgan fingerprint density at radius 2 is 1.00 bits per heavy atom. The molecule has 0 amide bonds. The maximum atomic E-state index is 6.24. The van der Waals surface area contributed by atoms with Crippen molar-refractivity contribution < 1.29 is 0 Å². The van der Waals surface area contributed by atoms with Gasteiger partial charge >= 0.3 is 0 Å². The minimum atomic E-state index is -1.09. The van der Waals surface area contributed by atoms with E-state index in [0.29, 0.717) is 0 Å². The molecule has 0 aromatic heterocycles.